The van der Waals surface area contributed by atoms with Gasteiger partial charge < -0.3 is 4.74 Å². The number of fused-ring (bicyclic) bond motifs is 1. The van der Waals surface area contributed by atoms with Gasteiger partial charge in [-0.05, 0) is 38.8 Å². The smallest absolute Gasteiger partial charge is 0.325 e. The Bertz CT molecular complexity index is 833. The van der Waals surface area contributed by atoms with Crippen molar-refractivity contribution in [2.75, 3.05) is 7.05 Å². The van der Waals surface area contributed by atoms with Crippen molar-refractivity contribution in [1.82, 2.24) is 9.29 Å². The lowest BCUT2D eigenvalue weighted by molar-refractivity contribution is -0.160. The fourth-order valence-corrected chi connectivity index (χ4v) is 5.27. The number of hydrogen-bond acceptors (Lipinski definition) is 6. The van der Waals surface area contributed by atoms with Crippen LogP contribution in [0.15, 0.2) is 28.6 Å². The maximum absolute atomic E-state index is 13.0. The predicted octanol–water partition coefficient (Wildman–Crippen LogP) is 3.28. The molecular weight excluding hydrogens is 360 g/mol. The van der Waals surface area contributed by atoms with Crippen molar-refractivity contribution in [1.29, 1.82) is 0 Å². The SMILES string of the molecule is CC(C)[C@@H](C(=O)OC(C)(C)C)N(C)S(=O)(=O)c1nc2ccccc2s1. The van der Waals surface area contributed by atoms with Crippen LogP contribution in [-0.4, -0.2) is 42.4 Å². The lowest BCUT2D eigenvalue weighted by atomic mass is 10.0. The average Bonchev–Trinajstić information content (AvgIpc) is 2.89. The Morgan fingerprint density at radius 2 is 1.84 bits per heavy atom. The summed E-state index contributed by atoms with van der Waals surface area (Å²) in [6.45, 7) is 8.84. The molecule has 1 heterocycles. The first kappa shape index (κ1) is 19.8. The quantitative estimate of drug-likeness (QED) is 0.740. The largest absolute Gasteiger partial charge is 0.459 e. The van der Waals surface area contributed by atoms with Gasteiger partial charge in [-0.1, -0.05) is 26.0 Å². The Morgan fingerprint density at radius 3 is 2.36 bits per heavy atom. The highest BCUT2D eigenvalue weighted by atomic mass is 32.2. The van der Waals surface area contributed by atoms with Gasteiger partial charge in [0.1, 0.15) is 11.6 Å². The fraction of sp³-hybridized carbons (Fsp3) is 0.529. The summed E-state index contributed by atoms with van der Waals surface area (Å²) in [5.74, 6) is -0.807. The van der Waals surface area contributed by atoms with Gasteiger partial charge >= 0.3 is 5.97 Å². The average molecular weight is 385 g/mol. The topological polar surface area (TPSA) is 76.6 Å². The maximum Gasteiger partial charge on any atom is 0.325 e. The Kier molecular flexibility index (Phi) is 5.56. The molecule has 2 rings (SSSR count). The summed E-state index contributed by atoms with van der Waals surface area (Å²) in [6.07, 6.45) is 0. The molecule has 0 unspecified atom stereocenters. The van der Waals surface area contributed by atoms with Crippen molar-refractivity contribution in [3.05, 3.63) is 24.3 Å². The molecule has 25 heavy (non-hydrogen) atoms. The molecule has 0 N–H and O–H groups in total. The number of thiazole rings is 1. The van der Waals surface area contributed by atoms with E-state index in [-0.39, 0.29) is 10.3 Å². The first-order valence-corrected chi connectivity index (χ1v) is 10.3. The lowest BCUT2D eigenvalue weighted by Gasteiger charge is -2.30. The minimum Gasteiger partial charge on any atom is -0.459 e. The molecule has 2 aromatic rings. The molecule has 8 heteroatoms. The van der Waals surface area contributed by atoms with Gasteiger partial charge in [0.05, 0.1) is 10.2 Å². The molecule has 0 amide bonds. The number of ether oxygens (including phenoxy) is 1. The van der Waals surface area contributed by atoms with Crippen LogP contribution in [-0.2, 0) is 19.6 Å². The summed E-state index contributed by atoms with van der Waals surface area (Å²) in [7, 11) is -2.51. The second-order valence-electron chi connectivity index (χ2n) is 7.19. The molecule has 0 saturated carbocycles. The van der Waals surface area contributed by atoms with Gasteiger partial charge in [0.25, 0.3) is 10.0 Å². The third-order valence-electron chi connectivity index (χ3n) is 3.55. The molecule has 1 atom stereocenters. The van der Waals surface area contributed by atoms with Crippen molar-refractivity contribution in [3.63, 3.8) is 0 Å². The van der Waals surface area contributed by atoms with Crippen LogP contribution in [0.4, 0.5) is 0 Å². The molecule has 6 nitrogen and oxygen atoms in total. The molecule has 0 aliphatic carbocycles. The van der Waals surface area contributed by atoms with E-state index < -0.39 is 27.6 Å². The molecule has 0 aliphatic heterocycles. The van der Waals surface area contributed by atoms with Gasteiger partial charge in [-0.15, -0.1) is 11.3 Å². The second kappa shape index (κ2) is 7.01. The third-order valence-corrected chi connectivity index (χ3v) is 6.78. The van der Waals surface area contributed by atoms with E-state index in [9.17, 15) is 13.2 Å². The molecule has 0 fully saturated rings. The number of carbonyl (C=O) groups excluding carboxylic acids is 1. The summed E-state index contributed by atoms with van der Waals surface area (Å²) in [6, 6.07) is 6.30. The number of likely N-dealkylation sites (N-methyl/N-ethyl adjacent to an activating group) is 1. The van der Waals surface area contributed by atoms with E-state index in [0.29, 0.717) is 5.52 Å². The number of sulfonamides is 1. The monoisotopic (exact) mass is 384 g/mol. The Morgan fingerprint density at radius 1 is 1.24 bits per heavy atom. The number of esters is 1. The van der Waals surface area contributed by atoms with Crippen LogP contribution in [0.3, 0.4) is 0 Å². The number of rotatable bonds is 5. The highest BCUT2D eigenvalue weighted by molar-refractivity contribution is 7.91. The molecule has 0 saturated heterocycles. The number of aromatic nitrogens is 1. The van der Waals surface area contributed by atoms with Gasteiger partial charge in [0.2, 0.25) is 4.34 Å². The number of nitrogens with zero attached hydrogens (tertiary/aromatic N) is 2. The highest BCUT2D eigenvalue weighted by Crippen LogP contribution is 2.29. The van der Waals surface area contributed by atoms with Gasteiger partial charge in [-0.3, -0.25) is 4.79 Å². The Balaban J connectivity index is 2.39. The number of hydrogen-bond donors (Lipinski definition) is 0. The van der Waals surface area contributed by atoms with Crippen LogP contribution in [0.1, 0.15) is 34.6 Å². The van der Waals surface area contributed by atoms with Crippen LogP contribution in [0.2, 0.25) is 0 Å². The molecule has 0 spiro atoms. The van der Waals surface area contributed by atoms with E-state index >= 15 is 0 Å². The van der Waals surface area contributed by atoms with Gasteiger partial charge in [0.15, 0.2) is 0 Å². The first-order chi connectivity index (χ1) is 11.4. The second-order valence-corrected chi connectivity index (χ2v) is 10.4. The zero-order valence-electron chi connectivity index (χ0n) is 15.3. The Hall–Kier alpha value is -1.51. The number of carbonyl (C=O) groups is 1. The molecule has 0 radical (unpaired) electrons. The molecular formula is C17H24N2O4S2. The van der Waals surface area contributed by atoms with E-state index in [1.54, 1.807) is 46.8 Å². The van der Waals surface area contributed by atoms with Crippen LogP contribution in [0.5, 0.6) is 0 Å². The summed E-state index contributed by atoms with van der Waals surface area (Å²) in [5.41, 5.74) is -0.0668. The Labute approximate surface area is 152 Å². The summed E-state index contributed by atoms with van der Waals surface area (Å²) in [5, 5.41) is 0. The summed E-state index contributed by atoms with van der Waals surface area (Å²) in [4.78, 5) is 16.8. The standard InChI is InChI=1S/C17H24N2O4S2/c1-11(2)14(15(20)23-17(3,4)5)19(6)25(21,22)16-18-12-9-7-8-10-13(12)24-16/h7-11,14H,1-6H3/t14-/m0/s1. The van der Waals surface area contributed by atoms with E-state index in [1.807, 2.05) is 12.1 Å². The van der Waals surface area contributed by atoms with Crippen LogP contribution < -0.4 is 0 Å². The fourth-order valence-electron chi connectivity index (χ4n) is 2.44. The van der Waals surface area contributed by atoms with E-state index in [4.69, 9.17) is 4.74 Å². The molecule has 138 valence electrons. The molecule has 1 aromatic carbocycles. The minimum atomic E-state index is -3.91. The maximum atomic E-state index is 13.0. The zero-order chi connectivity index (χ0) is 19.0. The van der Waals surface area contributed by atoms with E-state index in [0.717, 1.165) is 20.3 Å². The van der Waals surface area contributed by atoms with Crippen molar-refractivity contribution < 1.29 is 17.9 Å². The van der Waals surface area contributed by atoms with Crippen LogP contribution in [0, 0.1) is 5.92 Å². The zero-order valence-corrected chi connectivity index (χ0v) is 16.9. The van der Waals surface area contributed by atoms with Crippen molar-refractivity contribution in [2.24, 2.45) is 5.92 Å². The van der Waals surface area contributed by atoms with E-state index in [2.05, 4.69) is 4.98 Å². The lowest BCUT2D eigenvalue weighted by Crippen LogP contribution is -2.48. The number of benzene rings is 1. The summed E-state index contributed by atoms with van der Waals surface area (Å²) < 4.78 is 33.2. The van der Waals surface area contributed by atoms with Gasteiger partial charge in [0, 0.05) is 7.05 Å². The first-order valence-electron chi connectivity index (χ1n) is 8.00. The molecule has 1 aromatic heterocycles. The molecule has 0 aliphatic rings. The van der Waals surface area contributed by atoms with Crippen LogP contribution in [0.25, 0.3) is 10.2 Å². The van der Waals surface area contributed by atoms with Crippen LogP contribution >= 0.6 is 11.3 Å². The summed E-state index contributed by atoms with van der Waals surface area (Å²) >= 11 is 1.09. The van der Waals surface area contributed by atoms with Gasteiger partial charge in [-0.25, -0.2) is 13.4 Å². The van der Waals surface area contributed by atoms with Crippen molar-refractivity contribution in [3.8, 4) is 0 Å². The van der Waals surface area contributed by atoms with E-state index in [1.165, 1.54) is 7.05 Å². The predicted molar refractivity (Wildman–Crippen MR) is 99.0 cm³/mol. The van der Waals surface area contributed by atoms with Crippen molar-refractivity contribution in [2.45, 2.75) is 50.6 Å². The normalized spacial score (nSPS) is 14.2. The third kappa shape index (κ3) is 4.37. The number of para-hydroxylation sites is 1. The highest BCUT2D eigenvalue weighted by Gasteiger charge is 2.39. The van der Waals surface area contributed by atoms with Gasteiger partial charge in [-0.2, -0.15) is 4.31 Å². The van der Waals surface area contributed by atoms with Crippen molar-refractivity contribution >= 4 is 37.5 Å². The minimum absolute atomic E-state index is 0.0228. The molecule has 0 bridgehead atoms.